The summed E-state index contributed by atoms with van der Waals surface area (Å²) in [6.45, 7) is 15.9. The molecule has 0 spiro atoms. The summed E-state index contributed by atoms with van der Waals surface area (Å²) in [5, 5.41) is 80.1. The predicted octanol–water partition coefficient (Wildman–Crippen LogP) is -2.93. The number of nitrogens with two attached hydrogens (primary N) is 1. The summed E-state index contributed by atoms with van der Waals surface area (Å²) in [4.78, 5) is 21.2. The minimum absolute atomic E-state index is 0.0715. The van der Waals surface area contributed by atoms with Gasteiger partial charge in [-0.2, -0.15) is 21.6 Å². The maximum absolute atomic E-state index is 11.2. The average molecular weight is 1090 g/mol. The Bertz CT molecular complexity index is 1630. The molecule has 0 radical (unpaired) electrons. The molecule has 4 saturated heterocycles. The van der Waals surface area contributed by atoms with Crippen LogP contribution in [-0.4, -0.2) is 232 Å². The topological polar surface area (TPSA) is 416 Å². The molecular weight excluding hydrogens is 1010 g/mol. The Balaban J connectivity index is 0.000000481. The number of nitrogens with one attached hydrogen (secondary N) is 2. The second-order valence-corrected chi connectivity index (χ2v) is 21.6. The van der Waals surface area contributed by atoms with E-state index in [1.54, 1.807) is 41.5 Å². The quantitative estimate of drug-likeness (QED) is 0.0544. The molecule has 4 heterocycles. The van der Waals surface area contributed by atoms with E-state index in [-0.39, 0.29) is 87.4 Å². The first-order valence-corrected chi connectivity index (χ1v) is 26.5. The Morgan fingerprint density at radius 1 is 0.556 bits per heavy atom. The second kappa shape index (κ2) is 33.1. The SMILES string of the molecule is CC(=O)NC[C@@H]1C[C@@H](O)[C@@H](O)[C@H](OC(C)C)O1.CC(C)O[C@@H]1O[C@H](COC(N)=O)C[C@@H](O)[C@H]1O.COS(=O)(=O)CC[C@@H]1C[C@@H](O)[C@@H](O)[C@H](OC(C)C)O1.COS(=O)(=O)NC[C@@H]1C[C@@H](O)[C@@H](O)[C@H](OC(C)C)O1. The maximum Gasteiger partial charge on any atom is 0.404 e. The molecule has 16 atom stereocenters. The number of carbonyl (C=O) groups excluding carboxylic acids is 2. The van der Waals surface area contributed by atoms with Gasteiger partial charge >= 0.3 is 16.4 Å². The molecule has 0 aromatic carbocycles. The van der Waals surface area contributed by atoms with E-state index >= 15 is 0 Å². The van der Waals surface area contributed by atoms with Crippen LogP contribution in [0.15, 0.2) is 0 Å². The van der Waals surface area contributed by atoms with Gasteiger partial charge in [-0.15, -0.1) is 0 Å². The molecule has 4 rings (SSSR count). The van der Waals surface area contributed by atoms with Gasteiger partial charge in [-0.1, -0.05) is 0 Å². The van der Waals surface area contributed by atoms with Crippen LogP contribution in [0.4, 0.5) is 4.79 Å². The molecule has 72 heavy (non-hydrogen) atoms. The molecule has 0 bridgehead atoms. The fourth-order valence-electron chi connectivity index (χ4n) is 6.79. The van der Waals surface area contributed by atoms with Gasteiger partial charge in [0, 0.05) is 45.7 Å². The first-order chi connectivity index (χ1) is 33.3. The summed E-state index contributed by atoms with van der Waals surface area (Å²) < 4.78 is 103. The number of rotatable bonds is 20. The van der Waals surface area contributed by atoms with Gasteiger partial charge in [-0.05, 0) is 61.8 Å². The monoisotopic (exact) mass is 1090 g/mol. The minimum Gasteiger partial charge on any atom is -0.447 e. The molecule has 4 aliphatic heterocycles. The van der Waals surface area contributed by atoms with Gasteiger partial charge in [-0.3, -0.25) is 13.2 Å². The first kappa shape index (κ1) is 67.9. The van der Waals surface area contributed by atoms with Gasteiger partial charge in [0.2, 0.25) is 5.91 Å². The molecular formula is C42H83N3O25S2. The smallest absolute Gasteiger partial charge is 0.404 e. The van der Waals surface area contributed by atoms with Crippen LogP contribution in [-0.2, 0) is 76.2 Å². The number of carbonyl (C=O) groups is 2. The van der Waals surface area contributed by atoms with E-state index in [0.29, 0.717) is 6.54 Å². The van der Waals surface area contributed by atoms with Gasteiger partial charge in [0.25, 0.3) is 10.1 Å². The van der Waals surface area contributed by atoms with Crippen molar-refractivity contribution in [1.82, 2.24) is 10.0 Å². The molecule has 28 nitrogen and oxygen atoms in total. The van der Waals surface area contributed by atoms with Gasteiger partial charge in [0.05, 0.1) is 93.2 Å². The maximum atomic E-state index is 11.2. The lowest BCUT2D eigenvalue weighted by atomic mass is 10.0. The van der Waals surface area contributed by atoms with Gasteiger partial charge in [0.1, 0.15) is 31.0 Å². The van der Waals surface area contributed by atoms with E-state index in [0.717, 1.165) is 14.2 Å². The van der Waals surface area contributed by atoms with Crippen molar-refractivity contribution in [2.75, 3.05) is 39.7 Å². The molecule has 4 fully saturated rings. The molecule has 0 unspecified atom stereocenters. The Hall–Kier alpha value is -2.12. The van der Waals surface area contributed by atoms with Gasteiger partial charge in [-0.25, -0.2) is 4.79 Å². The van der Waals surface area contributed by atoms with Crippen molar-refractivity contribution in [3.63, 3.8) is 0 Å². The van der Waals surface area contributed by atoms with Crippen LogP contribution >= 0.6 is 0 Å². The van der Waals surface area contributed by atoms with Crippen LogP contribution in [0, 0.1) is 0 Å². The molecule has 30 heteroatoms. The second-order valence-electron chi connectivity index (χ2n) is 18.2. The molecule has 4 aliphatic rings. The third-order valence-corrected chi connectivity index (χ3v) is 12.5. The van der Waals surface area contributed by atoms with Gasteiger partial charge < -0.3 is 94.5 Å². The van der Waals surface area contributed by atoms with Crippen LogP contribution in [0.2, 0.25) is 0 Å². The highest BCUT2D eigenvalue weighted by Crippen LogP contribution is 2.26. The van der Waals surface area contributed by atoms with Crippen molar-refractivity contribution < 1.29 is 118 Å². The van der Waals surface area contributed by atoms with Crippen molar-refractivity contribution in [1.29, 1.82) is 0 Å². The van der Waals surface area contributed by atoms with Crippen LogP contribution in [0.5, 0.6) is 0 Å². The Morgan fingerprint density at radius 2 is 0.889 bits per heavy atom. The van der Waals surface area contributed by atoms with Crippen molar-refractivity contribution in [2.45, 2.75) is 217 Å². The fraction of sp³-hybridized carbons (Fsp3) is 0.952. The summed E-state index contributed by atoms with van der Waals surface area (Å²) in [5.74, 6) is -0.360. The predicted molar refractivity (Wildman–Crippen MR) is 250 cm³/mol. The van der Waals surface area contributed by atoms with Crippen LogP contribution in [0.1, 0.15) is 94.4 Å². The molecule has 2 amide bonds. The third kappa shape index (κ3) is 27.1. The van der Waals surface area contributed by atoms with E-state index in [2.05, 4.69) is 23.1 Å². The molecule has 0 aromatic heterocycles. The van der Waals surface area contributed by atoms with Crippen LogP contribution in [0.25, 0.3) is 0 Å². The van der Waals surface area contributed by atoms with Crippen LogP contribution < -0.4 is 15.8 Å². The zero-order chi connectivity index (χ0) is 55.3. The summed E-state index contributed by atoms with van der Waals surface area (Å²) in [6, 6.07) is 0. The summed E-state index contributed by atoms with van der Waals surface area (Å²) in [7, 11) is -5.23. The lowest BCUT2D eigenvalue weighted by Crippen LogP contribution is -2.52. The van der Waals surface area contributed by atoms with Crippen molar-refractivity contribution in [2.24, 2.45) is 5.73 Å². The Morgan fingerprint density at radius 3 is 1.22 bits per heavy atom. The average Bonchev–Trinajstić information content (AvgIpc) is 3.27. The highest BCUT2D eigenvalue weighted by molar-refractivity contribution is 7.86. The van der Waals surface area contributed by atoms with Gasteiger partial charge in [0.15, 0.2) is 25.2 Å². The molecule has 0 saturated carbocycles. The molecule has 0 aromatic rings. The largest absolute Gasteiger partial charge is 0.447 e. The molecule has 12 N–H and O–H groups in total. The Kier molecular flexibility index (Phi) is 31.2. The van der Waals surface area contributed by atoms with Crippen LogP contribution in [0.3, 0.4) is 0 Å². The summed E-state index contributed by atoms with van der Waals surface area (Å²) in [6.07, 6.45) is -14.7. The standard InChI is InChI=1S/C11H21NO5.C11H22O7S.C10H21NO7S.C10H19NO6/c1-6(2)16-11-10(15)9(14)4-8(17-11)5-12-7(3)13;1-7(2)17-11-10(13)9(12)6-8(18-11)4-5-19(14,15)16-3;1-6(2)17-10-9(13)8(12)4-7(18-10)5-11-19(14,15)16-3;1-5(2)16-9-8(13)7(12)3-6(17-9)4-15-10(11)14/h6,8-11,14-15H,4-5H2,1-3H3,(H,12,13);7-13H,4-6H2,1-3H3;6-13H,4-5H2,1-3H3;5-9,12-13H,3-4H2,1-2H3,(H2,11,14)/t8-,9+,10+,11+;8-,9-,10-,11-;7-,8+,9+,10+;6-,7+,8+,9+/m0100/s1. The van der Waals surface area contributed by atoms with E-state index in [9.17, 15) is 67.3 Å². The first-order valence-electron chi connectivity index (χ1n) is 23.5. The zero-order valence-corrected chi connectivity index (χ0v) is 44.5. The molecule has 428 valence electrons. The van der Waals surface area contributed by atoms with E-state index in [4.69, 9.17) is 43.6 Å². The summed E-state index contributed by atoms with van der Waals surface area (Å²) in [5.41, 5.74) is 4.83. The number of ether oxygens (including phenoxy) is 9. The number of primary amides is 1. The van der Waals surface area contributed by atoms with Crippen molar-refractivity contribution >= 4 is 32.4 Å². The molecule has 0 aliphatic carbocycles. The number of aliphatic hydroxyl groups excluding tert-OH is 8. The van der Waals surface area contributed by atoms with Crippen molar-refractivity contribution in [3.05, 3.63) is 0 Å². The van der Waals surface area contributed by atoms with Crippen molar-refractivity contribution in [3.8, 4) is 0 Å². The Labute approximate surface area is 422 Å². The van der Waals surface area contributed by atoms with E-state index in [1.165, 1.54) is 6.92 Å². The minimum atomic E-state index is -3.81. The lowest BCUT2D eigenvalue weighted by molar-refractivity contribution is -0.280. The lowest BCUT2D eigenvalue weighted by Gasteiger charge is -2.37. The third-order valence-electron chi connectivity index (χ3n) is 10.3. The number of hydrogen-bond acceptors (Lipinski definition) is 25. The fourth-order valence-corrected chi connectivity index (χ4v) is 8.01. The highest BCUT2D eigenvalue weighted by atomic mass is 32.2. The normalized spacial score (nSPS) is 33.2. The summed E-state index contributed by atoms with van der Waals surface area (Å²) >= 11 is 0. The number of amides is 2. The number of hydrogen-bond donors (Lipinski definition) is 11. The number of aliphatic hydroxyl groups is 8. The van der Waals surface area contributed by atoms with E-state index in [1.807, 2.05) is 13.8 Å². The highest BCUT2D eigenvalue weighted by Gasteiger charge is 2.41. The van der Waals surface area contributed by atoms with E-state index < -0.39 is 119 Å². The zero-order valence-electron chi connectivity index (χ0n) is 42.8.